The molecule has 3 aromatic rings. The number of rotatable bonds is 8. The Morgan fingerprint density at radius 3 is 2.42 bits per heavy atom. The number of hydrogen-bond donors (Lipinski definition) is 2. The van der Waals surface area contributed by atoms with E-state index in [2.05, 4.69) is 15.0 Å². The van der Waals surface area contributed by atoms with Crippen molar-refractivity contribution in [1.82, 2.24) is 9.71 Å². The molecule has 0 aliphatic heterocycles. The SMILES string of the molecule is COc1ccc(NC(=O)[C@H](NS(=O)(=O)c2ccc3nc(C)sc3c2)C(C)C)cc1OC. The summed E-state index contributed by atoms with van der Waals surface area (Å²) in [5.41, 5.74) is 1.21. The summed E-state index contributed by atoms with van der Waals surface area (Å²) in [6.45, 7) is 5.42. The minimum Gasteiger partial charge on any atom is -0.493 e. The summed E-state index contributed by atoms with van der Waals surface area (Å²) >= 11 is 1.42. The largest absolute Gasteiger partial charge is 0.493 e. The Bertz CT molecular complexity index is 1200. The van der Waals surface area contributed by atoms with E-state index in [1.54, 1.807) is 44.2 Å². The van der Waals surface area contributed by atoms with Crippen LogP contribution in [0, 0.1) is 12.8 Å². The number of hydrogen-bond acceptors (Lipinski definition) is 7. The molecule has 166 valence electrons. The lowest BCUT2D eigenvalue weighted by Crippen LogP contribution is -2.47. The van der Waals surface area contributed by atoms with Crippen LogP contribution < -0.4 is 19.5 Å². The fraction of sp³-hybridized carbons (Fsp3) is 0.333. The molecule has 0 spiro atoms. The Morgan fingerprint density at radius 1 is 1.06 bits per heavy atom. The maximum Gasteiger partial charge on any atom is 0.242 e. The van der Waals surface area contributed by atoms with Crippen molar-refractivity contribution in [3.8, 4) is 11.5 Å². The topological polar surface area (TPSA) is 107 Å². The predicted octanol–water partition coefficient (Wildman–Crippen LogP) is 3.56. The van der Waals surface area contributed by atoms with Gasteiger partial charge in [-0.05, 0) is 43.2 Å². The van der Waals surface area contributed by atoms with E-state index in [9.17, 15) is 13.2 Å². The molecule has 0 radical (unpaired) electrons. The molecule has 0 saturated carbocycles. The lowest BCUT2D eigenvalue weighted by Gasteiger charge is -2.22. The Labute approximate surface area is 185 Å². The van der Waals surface area contributed by atoms with Gasteiger partial charge in [-0.1, -0.05) is 13.8 Å². The number of aryl methyl sites for hydroxylation is 1. The Kier molecular flexibility index (Phi) is 6.83. The van der Waals surface area contributed by atoms with Crippen molar-refractivity contribution in [2.24, 2.45) is 5.92 Å². The van der Waals surface area contributed by atoms with Gasteiger partial charge in [0.05, 0.1) is 34.3 Å². The molecular weight excluding hydrogens is 438 g/mol. The second-order valence-corrected chi connectivity index (χ2v) is 10.2. The van der Waals surface area contributed by atoms with Crippen molar-refractivity contribution >= 4 is 43.2 Å². The van der Waals surface area contributed by atoms with Crippen LogP contribution in [0.5, 0.6) is 11.5 Å². The monoisotopic (exact) mass is 463 g/mol. The molecule has 0 saturated heterocycles. The van der Waals surface area contributed by atoms with E-state index in [-0.39, 0.29) is 10.8 Å². The average Bonchev–Trinajstić information content (AvgIpc) is 3.10. The highest BCUT2D eigenvalue weighted by molar-refractivity contribution is 7.89. The molecule has 2 N–H and O–H groups in total. The molecule has 31 heavy (non-hydrogen) atoms. The summed E-state index contributed by atoms with van der Waals surface area (Å²) in [6, 6.07) is 8.70. The lowest BCUT2D eigenvalue weighted by molar-refractivity contribution is -0.118. The molecule has 8 nitrogen and oxygen atoms in total. The van der Waals surface area contributed by atoms with Crippen LogP contribution in [0.25, 0.3) is 10.2 Å². The molecule has 1 amide bonds. The van der Waals surface area contributed by atoms with Crippen molar-refractivity contribution in [1.29, 1.82) is 0 Å². The van der Waals surface area contributed by atoms with Gasteiger partial charge >= 0.3 is 0 Å². The summed E-state index contributed by atoms with van der Waals surface area (Å²) in [5.74, 6) is 0.218. The van der Waals surface area contributed by atoms with Crippen LogP contribution in [0.3, 0.4) is 0 Å². The quantitative estimate of drug-likeness (QED) is 0.529. The predicted molar refractivity (Wildman–Crippen MR) is 121 cm³/mol. The maximum absolute atomic E-state index is 13.0. The van der Waals surface area contributed by atoms with Crippen LogP contribution in [0.15, 0.2) is 41.3 Å². The molecule has 0 bridgehead atoms. The number of nitrogens with zero attached hydrogens (tertiary/aromatic N) is 1. The minimum absolute atomic E-state index is 0.0909. The third-order valence-corrected chi connectivity index (χ3v) is 7.03. The van der Waals surface area contributed by atoms with Gasteiger partial charge < -0.3 is 14.8 Å². The number of ether oxygens (including phenoxy) is 2. The first-order valence-corrected chi connectivity index (χ1v) is 11.9. The first-order chi connectivity index (χ1) is 14.6. The number of benzene rings is 2. The van der Waals surface area contributed by atoms with E-state index >= 15 is 0 Å². The number of methoxy groups -OCH3 is 2. The number of nitrogens with one attached hydrogen (secondary N) is 2. The van der Waals surface area contributed by atoms with Crippen LogP contribution in [-0.4, -0.2) is 39.6 Å². The molecule has 0 fully saturated rings. The lowest BCUT2D eigenvalue weighted by atomic mass is 10.0. The number of carbonyl (C=O) groups excluding carboxylic acids is 1. The molecule has 1 aromatic heterocycles. The number of carbonyl (C=O) groups is 1. The van der Waals surface area contributed by atoms with Gasteiger partial charge in [-0.15, -0.1) is 11.3 Å². The van der Waals surface area contributed by atoms with Crippen molar-refractivity contribution in [3.63, 3.8) is 0 Å². The minimum atomic E-state index is -3.92. The zero-order chi connectivity index (χ0) is 22.8. The standard InChI is InChI=1S/C21H25N3O5S2/c1-12(2)20(21(25)23-14-6-9-17(28-4)18(10-14)29-5)24-31(26,27)15-7-8-16-19(11-15)30-13(3)22-16/h6-12,20,24H,1-5H3,(H,23,25)/t20-/m1/s1. The van der Waals surface area contributed by atoms with Gasteiger partial charge in [-0.3, -0.25) is 4.79 Å². The normalized spacial score (nSPS) is 12.7. The van der Waals surface area contributed by atoms with Gasteiger partial charge in [0.25, 0.3) is 0 Å². The Balaban J connectivity index is 1.83. The number of aromatic nitrogens is 1. The van der Waals surface area contributed by atoms with Crippen LogP contribution in [0.2, 0.25) is 0 Å². The summed E-state index contributed by atoms with van der Waals surface area (Å²) in [5, 5.41) is 3.60. The van der Waals surface area contributed by atoms with Gasteiger partial charge in [0.1, 0.15) is 6.04 Å². The van der Waals surface area contributed by atoms with Gasteiger partial charge in [0, 0.05) is 11.8 Å². The van der Waals surface area contributed by atoms with E-state index in [0.717, 1.165) is 15.2 Å². The zero-order valence-corrected chi connectivity index (χ0v) is 19.6. The summed E-state index contributed by atoms with van der Waals surface area (Å²) in [4.78, 5) is 17.4. The van der Waals surface area contributed by atoms with Crippen molar-refractivity contribution in [3.05, 3.63) is 41.4 Å². The number of amides is 1. The highest BCUT2D eigenvalue weighted by Gasteiger charge is 2.29. The molecule has 0 aliphatic carbocycles. The Morgan fingerprint density at radius 2 is 1.77 bits per heavy atom. The van der Waals surface area contributed by atoms with Crippen LogP contribution in [0.4, 0.5) is 5.69 Å². The number of anilines is 1. The summed E-state index contributed by atoms with van der Waals surface area (Å²) in [7, 11) is -0.910. The highest BCUT2D eigenvalue weighted by atomic mass is 32.2. The van der Waals surface area contributed by atoms with Crippen LogP contribution in [0.1, 0.15) is 18.9 Å². The second-order valence-electron chi connectivity index (χ2n) is 7.26. The molecule has 2 aromatic carbocycles. The van der Waals surface area contributed by atoms with E-state index in [1.165, 1.54) is 31.6 Å². The molecule has 0 unspecified atom stereocenters. The van der Waals surface area contributed by atoms with Crippen LogP contribution >= 0.6 is 11.3 Å². The summed E-state index contributed by atoms with van der Waals surface area (Å²) < 4.78 is 39.7. The molecule has 10 heteroatoms. The van der Waals surface area contributed by atoms with Gasteiger partial charge in [-0.25, -0.2) is 13.4 Å². The molecular formula is C21H25N3O5S2. The first-order valence-electron chi connectivity index (χ1n) is 9.57. The summed E-state index contributed by atoms with van der Waals surface area (Å²) in [6.07, 6.45) is 0. The third-order valence-electron chi connectivity index (χ3n) is 4.66. The fourth-order valence-electron chi connectivity index (χ4n) is 3.05. The van der Waals surface area contributed by atoms with Gasteiger partial charge in [-0.2, -0.15) is 4.72 Å². The number of fused-ring (bicyclic) bond motifs is 1. The van der Waals surface area contributed by atoms with Gasteiger partial charge in [0.15, 0.2) is 11.5 Å². The third kappa shape index (κ3) is 5.15. The van der Waals surface area contributed by atoms with Gasteiger partial charge in [0.2, 0.25) is 15.9 Å². The maximum atomic E-state index is 13.0. The molecule has 3 rings (SSSR count). The van der Waals surface area contributed by atoms with E-state index in [0.29, 0.717) is 17.2 Å². The first kappa shape index (κ1) is 23.0. The van der Waals surface area contributed by atoms with Crippen molar-refractivity contribution in [2.75, 3.05) is 19.5 Å². The number of thiazole rings is 1. The van der Waals surface area contributed by atoms with Crippen LogP contribution in [-0.2, 0) is 14.8 Å². The highest BCUT2D eigenvalue weighted by Crippen LogP contribution is 2.30. The number of sulfonamides is 1. The smallest absolute Gasteiger partial charge is 0.242 e. The van der Waals surface area contributed by atoms with Crippen molar-refractivity contribution < 1.29 is 22.7 Å². The van der Waals surface area contributed by atoms with E-state index in [4.69, 9.17) is 9.47 Å². The molecule has 1 heterocycles. The average molecular weight is 464 g/mol. The second kappa shape index (κ2) is 9.21. The molecule has 1 atom stereocenters. The van der Waals surface area contributed by atoms with Crippen molar-refractivity contribution in [2.45, 2.75) is 31.7 Å². The van der Waals surface area contributed by atoms with E-state index < -0.39 is 22.0 Å². The Hall–Kier alpha value is -2.69. The molecule has 0 aliphatic rings. The fourth-order valence-corrected chi connectivity index (χ4v) is 5.36. The zero-order valence-electron chi connectivity index (χ0n) is 17.9. The van der Waals surface area contributed by atoms with E-state index in [1.807, 2.05) is 6.92 Å².